The van der Waals surface area contributed by atoms with E-state index in [9.17, 15) is 8.42 Å². The summed E-state index contributed by atoms with van der Waals surface area (Å²) in [5.74, 6) is 1.26. The molecule has 1 aliphatic carbocycles. The van der Waals surface area contributed by atoms with Crippen molar-refractivity contribution in [2.75, 3.05) is 13.7 Å². The summed E-state index contributed by atoms with van der Waals surface area (Å²) >= 11 is 0. The van der Waals surface area contributed by atoms with Gasteiger partial charge < -0.3 is 4.74 Å². The molecule has 0 atom stereocenters. The molecule has 1 saturated carbocycles. The Hall–Kier alpha value is -1.07. The van der Waals surface area contributed by atoms with Crippen LogP contribution in [-0.4, -0.2) is 22.1 Å². The molecule has 0 saturated heterocycles. The lowest BCUT2D eigenvalue weighted by molar-refractivity contribution is 0.410. The molecule has 0 bridgehead atoms. The summed E-state index contributed by atoms with van der Waals surface area (Å²) < 4.78 is 32.8. The maximum atomic E-state index is 12.4. The quantitative estimate of drug-likeness (QED) is 0.902. The van der Waals surface area contributed by atoms with Gasteiger partial charge in [0.1, 0.15) is 5.75 Å². The largest absolute Gasteiger partial charge is 0.496 e. The van der Waals surface area contributed by atoms with Gasteiger partial charge >= 0.3 is 0 Å². The molecule has 0 spiro atoms. The standard InChI is InChI=1S/C14H21NO3S/c1-9-7-13(18-4)10(2)11(3)14(9)19(16,17)15-8-12-5-6-12/h7,12,15H,5-6,8H2,1-4H3. The number of sulfonamides is 1. The highest BCUT2D eigenvalue weighted by atomic mass is 32.2. The molecule has 0 amide bonds. The summed E-state index contributed by atoms with van der Waals surface area (Å²) in [6, 6.07) is 1.79. The van der Waals surface area contributed by atoms with E-state index in [4.69, 9.17) is 4.74 Å². The Balaban J connectivity index is 2.40. The van der Waals surface area contributed by atoms with Crippen molar-refractivity contribution < 1.29 is 13.2 Å². The average molecular weight is 283 g/mol. The second kappa shape index (κ2) is 5.13. The summed E-state index contributed by atoms with van der Waals surface area (Å²) in [7, 11) is -1.83. The van der Waals surface area contributed by atoms with E-state index in [1.165, 1.54) is 0 Å². The lowest BCUT2D eigenvalue weighted by atomic mass is 10.1. The minimum absolute atomic E-state index is 0.395. The minimum atomic E-state index is -3.43. The number of hydrogen-bond acceptors (Lipinski definition) is 3. The van der Waals surface area contributed by atoms with Crippen LogP contribution in [0, 0.1) is 26.7 Å². The molecule has 1 N–H and O–H groups in total. The van der Waals surface area contributed by atoms with Crippen LogP contribution in [-0.2, 0) is 10.0 Å². The van der Waals surface area contributed by atoms with Gasteiger partial charge in [-0.05, 0) is 62.3 Å². The number of benzene rings is 1. The molecule has 4 nitrogen and oxygen atoms in total. The molecule has 2 rings (SSSR count). The molecule has 1 aromatic rings. The first-order valence-corrected chi connectivity index (χ1v) is 7.99. The molecule has 5 heteroatoms. The predicted octanol–water partition coefficient (Wildman–Crippen LogP) is 2.31. The van der Waals surface area contributed by atoms with Gasteiger partial charge in [-0.1, -0.05) is 0 Å². The summed E-state index contributed by atoms with van der Waals surface area (Å²) in [4.78, 5) is 0.395. The minimum Gasteiger partial charge on any atom is -0.496 e. The average Bonchev–Trinajstić information content (AvgIpc) is 3.15. The van der Waals surface area contributed by atoms with Gasteiger partial charge in [0.2, 0.25) is 10.0 Å². The van der Waals surface area contributed by atoms with Crippen LogP contribution < -0.4 is 9.46 Å². The number of hydrogen-bond donors (Lipinski definition) is 1. The van der Waals surface area contributed by atoms with Crippen LogP contribution in [0.2, 0.25) is 0 Å². The van der Waals surface area contributed by atoms with Crippen molar-refractivity contribution in [2.24, 2.45) is 5.92 Å². The maximum Gasteiger partial charge on any atom is 0.241 e. The van der Waals surface area contributed by atoms with Gasteiger partial charge in [-0.3, -0.25) is 0 Å². The normalized spacial score (nSPS) is 15.6. The van der Waals surface area contributed by atoms with E-state index in [2.05, 4.69) is 4.72 Å². The van der Waals surface area contributed by atoms with Gasteiger partial charge in [0.25, 0.3) is 0 Å². The van der Waals surface area contributed by atoms with E-state index in [0.717, 1.165) is 35.3 Å². The van der Waals surface area contributed by atoms with Crippen LogP contribution >= 0.6 is 0 Å². The first-order chi connectivity index (χ1) is 8.86. The number of aryl methyl sites for hydroxylation is 1. The van der Waals surface area contributed by atoms with Crippen LogP contribution in [0.4, 0.5) is 0 Å². The number of ether oxygens (including phenoxy) is 1. The van der Waals surface area contributed by atoms with Gasteiger partial charge in [-0.2, -0.15) is 0 Å². The van der Waals surface area contributed by atoms with Crippen molar-refractivity contribution >= 4 is 10.0 Å². The molecule has 0 heterocycles. The number of rotatable bonds is 5. The number of methoxy groups -OCH3 is 1. The van der Waals surface area contributed by atoms with E-state index < -0.39 is 10.0 Å². The van der Waals surface area contributed by atoms with Crippen LogP contribution in [0.5, 0.6) is 5.75 Å². The van der Waals surface area contributed by atoms with Crippen molar-refractivity contribution in [1.82, 2.24) is 4.72 Å². The Morgan fingerprint density at radius 1 is 1.26 bits per heavy atom. The van der Waals surface area contributed by atoms with Gasteiger partial charge in [0, 0.05) is 6.54 Å². The van der Waals surface area contributed by atoms with E-state index in [-0.39, 0.29) is 0 Å². The molecular weight excluding hydrogens is 262 g/mol. The van der Waals surface area contributed by atoms with E-state index in [1.54, 1.807) is 20.1 Å². The van der Waals surface area contributed by atoms with E-state index in [0.29, 0.717) is 17.4 Å². The first-order valence-electron chi connectivity index (χ1n) is 6.51. The molecule has 1 aliphatic rings. The Morgan fingerprint density at radius 2 is 1.89 bits per heavy atom. The zero-order valence-electron chi connectivity index (χ0n) is 11.9. The second-order valence-electron chi connectivity index (χ2n) is 5.27. The zero-order chi connectivity index (χ0) is 14.2. The third kappa shape index (κ3) is 2.92. The van der Waals surface area contributed by atoms with Crippen molar-refractivity contribution in [2.45, 2.75) is 38.5 Å². The third-order valence-electron chi connectivity index (χ3n) is 3.73. The summed E-state index contributed by atoms with van der Waals surface area (Å²) in [5.41, 5.74) is 2.36. The molecule has 0 unspecified atom stereocenters. The molecule has 1 aromatic carbocycles. The SMILES string of the molecule is COc1cc(C)c(S(=O)(=O)NCC2CC2)c(C)c1C. The molecule has 0 aromatic heterocycles. The van der Waals surface area contributed by atoms with Crippen molar-refractivity contribution in [3.63, 3.8) is 0 Å². The second-order valence-corrected chi connectivity index (χ2v) is 6.97. The Kier molecular flexibility index (Phi) is 3.87. The van der Waals surface area contributed by atoms with Crippen LogP contribution in [0.1, 0.15) is 29.5 Å². The van der Waals surface area contributed by atoms with Gasteiger partial charge in [0.05, 0.1) is 12.0 Å². The summed E-state index contributed by atoms with van der Waals surface area (Å²) in [6.07, 6.45) is 2.25. The summed E-state index contributed by atoms with van der Waals surface area (Å²) in [6.45, 7) is 6.07. The Bertz CT molecular complexity index is 589. The molecule has 106 valence electrons. The van der Waals surface area contributed by atoms with Crippen molar-refractivity contribution in [3.8, 4) is 5.75 Å². The van der Waals surface area contributed by atoms with Crippen LogP contribution in [0.3, 0.4) is 0 Å². The molecule has 0 radical (unpaired) electrons. The monoisotopic (exact) mass is 283 g/mol. The maximum absolute atomic E-state index is 12.4. The zero-order valence-corrected chi connectivity index (χ0v) is 12.7. The van der Waals surface area contributed by atoms with Gasteiger partial charge in [-0.15, -0.1) is 0 Å². The van der Waals surface area contributed by atoms with E-state index in [1.807, 2.05) is 13.8 Å². The van der Waals surface area contributed by atoms with Crippen LogP contribution in [0.15, 0.2) is 11.0 Å². The molecule has 0 aliphatic heterocycles. The lowest BCUT2D eigenvalue weighted by Crippen LogP contribution is -2.27. The van der Waals surface area contributed by atoms with Gasteiger partial charge in [-0.25, -0.2) is 13.1 Å². The fraction of sp³-hybridized carbons (Fsp3) is 0.571. The fourth-order valence-corrected chi connectivity index (χ4v) is 3.91. The van der Waals surface area contributed by atoms with E-state index >= 15 is 0 Å². The summed E-state index contributed by atoms with van der Waals surface area (Å²) in [5, 5.41) is 0. The Labute approximate surface area is 115 Å². The third-order valence-corrected chi connectivity index (χ3v) is 5.44. The number of nitrogens with one attached hydrogen (secondary N) is 1. The highest BCUT2D eigenvalue weighted by Gasteiger charge is 2.27. The fourth-order valence-electron chi connectivity index (χ4n) is 2.27. The van der Waals surface area contributed by atoms with Crippen molar-refractivity contribution in [3.05, 3.63) is 22.8 Å². The highest BCUT2D eigenvalue weighted by Crippen LogP contribution is 2.32. The van der Waals surface area contributed by atoms with Crippen LogP contribution in [0.25, 0.3) is 0 Å². The first kappa shape index (κ1) is 14.3. The van der Waals surface area contributed by atoms with Crippen molar-refractivity contribution in [1.29, 1.82) is 0 Å². The smallest absolute Gasteiger partial charge is 0.241 e. The highest BCUT2D eigenvalue weighted by molar-refractivity contribution is 7.89. The predicted molar refractivity (Wildman–Crippen MR) is 75.1 cm³/mol. The van der Waals surface area contributed by atoms with Gasteiger partial charge in [0.15, 0.2) is 0 Å². The molecular formula is C14H21NO3S. The molecule has 19 heavy (non-hydrogen) atoms. The lowest BCUT2D eigenvalue weighted by Gasteiger charge is -2.16. The molecule has 1 fully saturated rings. The Morgan fingerprint density at radius 3 is 2.42 bits per heavy atom. The topological polar surface area (TPSA) is 55.4 Å².